The number of carbonyl (C=O) groups is 2. The zero-order valence-electron chi connectivity index (χ0n) is 12.9. The Kier molecular flexibility index (Phi) is 7.94. The van der Waals surface area contributed by atoms with Crippen molar-refractivity contribution in [2.24, 2.45) is 0 Å². The molecule has 1 aromatic rings. The maximum atomic E-state index is 12.2. The summed E-state index contributed by atoms with van der Waals surface area (Å²) >= 11 is 0. The summed E-state index contributed by atoms with van der Waals surface area (Å²) in [5.74, 6) is 0. The summed E-state index contributed by atoms with van der Waals surface area (Å²) in [4.78, 5) is 25.6. The fourth-order valence-electron chi connectivity index (χ4n) is 1.79. The molecule has 0 aromatic heterocycles. The molecular weight excluding hydrogens is 266 g/mol. The summed E-state index contributed by atoms with van der Waals surface area (Å²) in [6, 6.07) is 8.44. The number of urea groups is 2. The molecule has 5 nitrogen and oxygen atoms in total. The minimum atomic E-state index is -0.386. The average Bonchev–Trinajstić information content (AvgIpc) is 2.49. The maximum absolute atomic E-state index is 12.2. The smallest absolute Gasteiger partial charge is 0.329 e. The predicted molar refractivity (Wildman–Crippen MR) is 85.4 cm³/mol. The zero-order valence-corrected chi connectivity index (χ0v) is 12.9. The zero-order chi connectivity index (χ0) is 15.5. The van der Waals surface area contributed by atoms with Gasteiger partial charge < -0.3 is 10.6 Å². The van der Waals surface area contributed by atoms with Gasteiger partial charge in [-0.1, -0.05) is 44.9 Å². The summed E-state index contributed by atoms with van der Waals surface area (Å²) in [5, 5.41) is 5.53. The fraction of sp³-hybridized carbons (Fsp3) is 0.500. The number of hydrogen-bond acceptors (Lipinski definition) is 2. The van der Waals surface area contributed by atoms with Crippen LogP contribution in [0.3, 0.4) is 0 Å². The van der Waals surface area contributed by atoms with E-state index in [0.717, 1.165) is 25.7 Å². The number of benzene rings is 1. The number of amides is 4. The lowest BCUT2D eigenvalue weighted by Crippen LogP contribution is -2.46. The molecular formula is C16H25N3O2. The minimum Gasteiger partial charge on any atom is -0.338 e. The third kappa shape index (κ3) is 6.29. The van der Waals surface area contributed by atoms with Crippen molar-refractivity contribution in [2.75, 3.05) is 18.4 Å². The second-order valence-electron chi connectivity index (χ2n) is 4.89. The molecule has 21 heavy (non-hydrogen) atoms. The molecule has 0 aliphatic heterocycles. The summed E-state index contributed by atoms with van der Waals surface area (Å²) < 4.78 is 0. The SMILES string of the molecule is CCCCNC(=O)N(CCCC)C(=O)Nc1ccccc1. The van der Waals surface area contributed by atoms with Crippen molar-refractivity contribution < 1.29 is 9.59 Å². The highest BCUT2D eigenvalue weighted by Crippen LogP contribution is 2.07. The highest BCUT2D eigenvalue weighted by molar-refractivity contribution is 6.00. The van der Waals surface area contributed by atoms with Gasteiger partial charge in [0.2, 0.25) is 0 Å². The van der Waals surface area contributed by atoms with Crippen molar-refractivity contribution in [2.45, 2.75) is 39.5 Å². The van der Waals surface area contributed by atoms with E-state index in [1.807, 2.05) is 25.1 Å². The van der Waals surface area contributed by atoms with E-state index in [9.17, 15) is 9.59 Å². The van der Waals surface area contributed by atoms with Crippen LogP contribution < -0.4 is 10.6 Å². The topological polar surface area (TPSA) is 61.4 Å². The van der Waals surface area contributed by atoms with Crippen LogP contribution in [-0.4, -0.2) is 30.1 Å². The highest BCUT2D eigenvalue weighted by Gasteiger charge is 2.20. The van der Waals surface area contributed by atoms with E-state index < -0.39 is 0 Å². The molecule has 0 spiro atoms. The standard InChI is InChI=1S/C16H25N3O2/c1-3-5-12-17-15(20)19(13-6-4-2)16(21)18-14-10-8-7-9-11-14/h7-11H,3-6,12-13H2,1-2H3,(H,17,20)(H,18,21). The Hall–Kier alpha value is -2.04. The predicted octanol–water partition coefficient (Wildman–Crippen LogP) is 3.83. The van der Waals surface area contributed by atoms with Crippen LogP contribution in [0.15, 0.2) is 30.3 Å². The molecule has 0 fully saturated rings. The summed E-state index contributed by atoms with van der Waals surface area (Å²) in [7, 11) is 0. The molecule has 0 saturated heterocycles. The first-order chi connectivity index (χ1) is 10.2. The van der Waals surface area contributed by atoms with E-state index >= 15 is 0 Å². The number of nitrogens with one attached hydrogen (secondary N) is 2. The molecule has 0 radical (unpaired) electrons. The van der Waals surface area contributed by atoms with Crippen molar-refractivity contribution in [1.29, 1.82) is 0 Å². The van der Waals surface area contributed by atoms with E-state index in [0.29, 0.717) is 18.8 Å². The molecule has 116 valence electrons. The Morgan fingerprint density at radius 3 is 2.29 bits per heavy atom. The number of para-hydroxylation sites is 1. The van der Waals surface area contributed by atoms with Gasteiger partial charge in [0.15, 0.2) is 0 Å². The Bertz CT molecular complexity index is 434. The normalized spacial score (nSPS) is 10.0. The van der Waals surface area contributed by atoms with Crippen molar-refractivity contribution in [3.05, 3.63) is 30.3 Å². The van der Waals surface area contributed by atoms with Crippen LogP contribution in [0.25, 0.3) is 0 Å². The molecule has 0 unspecified atom stereocenters. The van der Waals surface area contributed by atoms with Crippen molar-refractivity contribution >= 4 is 17.7 Å². The van der Waals surface area contributed by atoms with E-state index in [2.05, 4.69) is 17.6 Å². The van der Waals surface area contributed by atoms with Crippen molar-refractivity contribution in [3.8, 4) is 0 Å². The largest absolute Gasteiger partial charge is 0.338 e. The minimum absolute atomic E-state index is 0.328. The third-order valence-electron chi connectivity index (χ3n) is 3.06. The van der Waals surface area contributed by atoms with Crippen LogP contribution in [-0.2, 0) is 0 Å². The van der Waals surface area contributed by atoms with Crippen molar-refractivity contribution in [1.82, 2.24) is 10.2 Å². The number of nitrogens with zero attached hydrogens (tertiary/aromatic N) is 1. The lowest BCUT2D eigenvalue weighted by Gasteiger charge is -2.21. The first-order valence-corrected chi connectivity index (χ1v) is 7.60. The van der Waals surface area contributed by atoms with E-state index in [-0.39, 0.29) is 12.1 Å². The van der Waals surface area contributed by atoms with Gasteiger partial charge in [-0.25, -0.2) is 14.5 Å². The van der Waals surface area contributed by atoms with Crippen LogP contribution in [0.1, 0.15) is 39.5 Å². The van der Waals surface area contributed by atoms with Crippen LogP contribution in [0.2, 0.25) is 0 Å². The Balaban J connectivity index is 2.62. The molecule has 0 aliphatic carbocycles. The van der Waals surface area contributed by atoms with E-state index in [4.69, 9.17) is 0 Å². The van der Waals surface area contributed by atoms with Gasteiger partial charge in [-0.05, 0) is 25.0 Å². The molecule has 1 rings (SSSR count). The molecule has 0 bridgehead atoms. The van der Waals surface area contributed by atoms with E-state index in [1.165, 1.54) is 4.90 Å². The van der Waals surface area contributed by atoms with Crippen LogP contribution in [0.4, 0.5) is 15.3 Å². The van der Waals surface area contributed by atoms with Gasteiger partial charge in [0, 0.05) is 18.8 Å². The van der Waals surface area contributed by atoms with Crippen LogP contribution >= 0.6 is 0 Å². The average molecular weight is 291 g/mol. The molecule has 4 amide bonds. The number of carbonyl (C=O) groups excluding carboxylic acids is 2. The second-order valence-corrected chi connectivity index (χ2v) is 4.89. The number of unbranched alkanes of at least 4 members (excludes halogenated alkanes) is 2. The highest BCUT2D eigenvalue weighted by atomic mass is 16.2. The lowest BCUT2D eigenvalue weighted by atomic mass is 10.3. The molecule has 0 atom stereocenters. The van der Waals surface area contributed by atoms with Crippen LogP contribution in [0.5, 0.6) is 0 Å². The Labute approximate surface area is 126 Å². The quantitative estimate of drug-likeness (QED) is 0.750. The molecule has 0 heterocycles. The first kappa shape index (κ1) is 17.0. The van der Waals surface area contributed by atoms with E-state index in [1.54, 1.807) is 12.1 Å². The summed E-state index contributed by atoms with van der Waals surface area (Å²) in [5.41, 5.74) is 0.686. The van der Waals surface area contributed by atoms with Crippen LogP contribution in [0, 0.1) is 0 Å². The molecule has 0 saturated carbocycles. The van der Waals surface area contributed by atoms with Gasteiger partial charge in [0.05, 0.1) is 0 Å². The number of anilines is 1. The van der Waals surface area contributed by atoms with Gasteiger partial charge in [-0.15, -0.1) is 0 Å². The lowest BCUT2D eigenvalue weighted by molar-refractivity contribution is 0.193. The molecule has 2 N–H and O–H groups in total. The Morgan fingerprint density at radius 1 is 1.00 bits per heavy atom. The maximum Gasteiger partial charge on any atom is 0.329 e. The molecule has 5 heteroatoms. The number of hydrogen-bond donors (Lipinski definition) is 2. The fourth-order valence-corrected chi connectivity index (χ4v) is 1.79. The molecule has 1 aromatic carbocycles. The number of imide groups is 1. The molecule has 0 aliphatic rings. The van der Waals surface area contributed by atoms with Gasteiger partial charge in [0.25, 0.3) is 0 Å². The van der Waals surface area contributed by atoms with Gasteiger partial charge in [-0.2, -0.15) is 0 Å². The van der Waals surface area contributed by atoms with Gasteiger partial charge >= 0.3 is 12.1 Å². The summed E-state index contributed by atoms with van der Waals surface area (Å²) in [6.45, 7) is 5.11. The van der Waals surface area contributed by atoms with Gasteiger partial charge in [-0.3, -0.25) is 0 Å². The van der Waals surface area contributed by atoms with Gasteiger partial charge in [0.1, 0.15) is 0 Å². The second kappa shape index (κ2) is 9.80. The Morgan fingerprint density at radius 2 is 1.67 bits per heavy atom. The third-order valence-corrected chi connectivity index (χ3v) is 3.06. The van der Waals surface area contributed by atoms with Crippen molar-refractivity contribution in [3.63, 3.8) is 0 Å². The number of rotatable bonds is 7. The summed E-state index contributed by atoms with van der Waals surface area (Å²) in [6.07, 6.45) is 3.64. The first-order valence-electron chi connectivity index (χ1n) is 7.60. The monoisotopic (exact) mass is 291 g/mol.